The molecule has 1 aliphatic carbocycles. The molecule has 2 unspecified atom stereocenters. The van der Waals surface area contributed by atoms with Crippen molar-refractivity contribution in [1.29, 1.82) is 0 Å². The minimum absolute atomic E-state index is 0.208. The lowest BCUT2D eigenvalue weighted by Gasteiger charge is -2.35. The van der Waals surface area contributed by atoms with Gasteiger partial charge in [0.15, 0.2) is 0 Å². The van der Waals surface area contributed by atoms with E-state index in [2.05, 4.69) is 6.58 Å². The second-order valence-corrected chi connectivity index (χ2v) is 3.86. The van der Waals surface area contributed by atoms with Crippen molar-refractivity contribution in [2.24, 2.45) is 5.92 Å². The molecule has 1 aliphatic rings. The van der Waals surface area contributed by atoms with Gasteiger partial charge in [0.25, 0.3) is 0 Å². The highest BCUT2D eigenvalue weighted by Crippen LogP contribution is 2.34. The molecule has 12 heavy (non-hydrogen) atoms. The molecule has 2 atom stereocenters. The van der Waals surface area contributed by atoms with Crippen LogP contribution in [0.1, 0.15) is 32.1 Å². The van der Waals surface area contributed by atoms with Gasteiger partial charge in [-0.3, -0.25) is 0 Å². The molecule has 0 aromatic carbocycles. The molecule has 2 N–H and O–H groups in total. The molecular formula is C10H18O2. The van der Waals surface area contributed by atoms with Gasteiger partial charge < -0.3 is 10.2 Å². The van der Waals surface area contributed by atoms with Crippen molar-refractivity contribution in [2.75, 3.05) is 6.61 Å². The highest BCUT2D eigenvalue weighted by atomic mass is 16.3. The van der Waals surface area contributed by atoms with Crippen LogP contribution < -0.4 is 0 Å². The van der Waals surface area contributed by atoms with E-state index in [4.69, 9.17) is 5.11 Å². The van der Waals surface area contributed by atoms with E-state index in [1.807, 2.05) is 0 Å². The lowest BCUT2D eigenvalue weighted by molar-refractivity contribution is -0.0235. The molecular weight excluding hydrogens is 152 g/mol. The quantitative estimate of drug-likeness (QED) is 0.630. The molecule has 0 saturated heterocycles. The van der Waals surface area contributed by atoms with Crippen molar-refractivity contribution in [1.82, 2.24) is 0 Å². The van der Waals surface area contributed by atoms with Gasteiger partial charge >= 0.3 is 0 Å². The van der Waals surface area contributed by atoms with E-state index >= 15 is 0 Å². The molecule has 1 saturated carbocycles. The summed E-state index contributed by atoms with van der Waals surface area (Å²) in [6, 6.07) is 0. The van der Waals surface area contributed by atoms with Crippen LogP contribution in [0.5, 0.6) is 0 Å². The Hall–Kier alpha value is -0.340. The Balaban J connectivity index is 2.48. The first-order valence-electron chi connectivity index (χ1n) is 4.64. The second kappa shape index (κ2) is 4.06. The molecule has 0 radical (unpaired) electrons. The van der Waals surface area contributed by atoms with Crippen LogP contribution in [-0.2, 0) is 0 Å². The fourth-order valence-electron chi connectivity index (χ4n) is 2.07. The first-order chi connectivity index (χ1) is 5.70. The lowest BCUT2D eigenvalue weighted by Crippen LogP contribution is -2.35. The predicted octanol–water partition coefficient (Wildman–Crippen LogP) is 1.48. The minimum Gasteiger partial charge on any atom is -0.396 e. The van der Waals surface area contributed by atoms with E-state index in [1.54, 1.807) is 6.08 Å². The molecule has 2 nitrogen and oxygen atoms in total. The van der Waals surface area contributed by atoms with Gasteiger partial charge in [0, 0.05) is 6.61 Å². The zero-order chi connectivity index (χ0) is 9.03. The zero-order valence-electron chi connectivity index (χ0n) is 7.50. The van der Waals surface area contributed by atoms with Gasteiger partial charge in [-0.25, -0.2) is 0 Å². The van der Waals surface area contributed by atoms with Gasteiger partial charge in [0.05, 0.1) is 5.60 Å². The Morgan fingerprint density at radius 1 is 1.58 bits per heavy atom. The van der Waals surface area contributed by atoms with Gasteiger partial charge in [-0.15, -0.1) is 6.58 Å². The molecule has 0 heterocycles. The molecule has 0 spiro atoms. The van der Waals surface area contributed by atoms with Crippen LogP contribution in [0.3, 0.4) is 0 Å². The van der Waals surface area contributed by atoms with Crippen LogP contribution in [0.4, 0.5) is 0 Å². The number of aliphatic hydroxyl groups is 2. The Morgan fingerprint density at radius 2 is 2.33 bits per heavy atom. The van der Waals surface area contributed by atoms with Crippen molar-refractivity contribution < 1.29 is 10.2 Å². The van der Waals surface area contributed by atoms with E-state index < -0.39 is 5.60 Å². The van der Waals surface area contributed by atoms with Crippen molar-refractivity contribution in [3.8, 4) is 0 Å². The fraction of sp³-hybridized carbons (Fsp3) is 0.800. The fourth-order valence-corrected chi connectivity index (χ4v) is 2.07. The predicted molar refractivity (Wildman–Crippen MR) is 48.8 cm³/mol. The summed E-state index contributed by atoms with van der Waals surface area (Å²) in [7, 11) is 0. The van der Waals surface area contributed by atoms with Crippen molar-refractivity contribution in [2.45, 2.75) is 37.7 Å². The molecule has 0 bridgehead atoms. The van der Waals surface area contributed by atoms with Crippen LogP contribution in [0.2, 0.25) is 0 Å². The highest BCUT2D eigenvalue weighted by molar-refractivity contribution is 4.91. The lowest BCUT2D eigenvalue weighted by atomic mass is 9.77. The van der Waals surface area contributed by atoms with Gasteiger partial charge in [-0.1, -0.05) is 12.5 Å². The number of hydrogen-bond acceptors (Lipinski definition) is 2. The van der Waals surface area contributed by atoms with Crippen molar-refractivity contribution >= 4 is 0 Å². The molecule has 0 aromatic rings. The average Bonchev–Trinajstić information content (AvgIpc) is 2.04. The Labute approximate surface area is 73.9 Å². The maximum atomic E-state index is 9.99. The van der Waals surface area contributed by atoms with Crippen molar-refractivity contribution in [3.05, 3.63) is 12.7 Å². The van der Waals surface area contributed by atoms with E-state index in [0.717, 1.165) is 25.7 Å². The first kappa shape index (κ1) is 9.75. The monoisotopic (exact) mass is 170 g/mol. The Bertz CT molecular complexity index is 156. The third-order valence-corrected chi connectivity index (χ3v) is 2.71. The molecule has 70 valence electrons. The van der Waals surface area contributed by atoms with E-state index in [-0.39, 0.29) is 6.61 Å². The maximum Gasteiger partial charge on any atom is 0.0685 e. The third-order valence-electron chi connectivity index (χ3n) is 2.71. The second-order valence-electron chi connectivity index (χ2n) is 3.86. The third kappa shape index (κ3) is 2.32. The smallest absolute Gasteiger partial charge is 0.0685 e. The summed E-state index contributed by atoms with van der Waals surface area (Å²) >= 11 is 0. The normalized spacial score (nSPS) is 36.3. The summed E-state index contributed by atoms with van der Waals surface area (Å²) in [4.78, 5) is 0. The Kier molecular flexibility index (Phi) is 3.29. The number of rotatable bonds is 3. The summed E-state index contributed by atoms with van der Waals surface area (Å²) in [5.41, 5.74) is -0.576. The number of aliphatic hydroxyl groups excluding tert-OH is 1. The van der Waals surface area contributed by atoms with Gasteiger partial charge in [0.1, 0.15) is 0 Å². The highest BCUT2D eigenvalue weighted by Gasteiger charge is 2.32. The zero-order valence-corrected chi connectivity index (χ0v) is 7.50. The average molecular weight is 170 g/mol. The molecule has 0 aromatic heterocycles. The largest absolute Gasteiger partial charge is 0.396 e. The summed E-state index contributed by atoms with van der Waals surface area (Å²) in [6.07, 6.45) is 6.08. The molecule has 2 heteroatoms. The van der Waals surface area contributed by atoms with Gasteiger partial charge in [0.2, 0.25) is 0 Å². The standard InChI is InChI=1S/C10H18O2/c1-2-5-10(12)6-3-4-9(7-10)8-11/h2,9,11-12H,1,3-8H2. The SMILES string of the molecule is C=CCC1(O)CCCC(CO)C1. The van der Waals surface area contributed by atoms with Crippen LogP contribution >= 0.6 is 0 Å². The minimum atomic E-state index is -0.576. The summed E-state index contributed by atoms with van der Waals surface area (Å²) in [5, 5.41) is 18.9. The maximum absolute atomic E-state index is 9.99. The summed E-state index contributed by atoms with van der Waals surface area (Å²) in [5.74, 6) is 0.295. The molecule has 1 rings (SSSR count). The molecule has 1 fully saturated rings. The Morgan fingerprint density at radius 3 is 2.92 bits per heavy atom. The summed E-state index contributed by atoms with van der Waals surface area (Å²) in [6.45, 7) is 3.84. The molecule has 0 aliphatic heterocycles. The van der Waals surface area contributed by atoms with E-state index in [9.17, 15) is 5.11 Å². The van der Waals surface area contributed by atoms with E-state index in [1.165, 1.54) is 0 Å². The van der Waals surface area contributed by atoms with Crippen LogP contribution in [-0.4, -0.2) is 22.4 Å². The topological polar surface area (TPSA) is 40.5 Å². The molecule has 0 amide bonds. The van der Waals surface area contributed by atoms with Crippen LogP contribution in [0, 0.1) is 5.92 Å². The first-order valence-corrected chi connectivity index (χ1v) is 4.64. The van der Waals surface area contributed by atoms with Crippen LogP contribution in [0.25, 0.3) is 0 Å². The summed E-state index contributed by atoms with van der Waals surface area (Å²) < 4.78 is 0. The van der Waals surface area contributed by atoms with E-state index in [0.29, 0.717) is 12.3 Å². The number of hydrogen-bond donors (Lipinski definition) is 2. The van der Waals surface area contributed by atoms with Crippen LogP contribution in [0.15, 0.2) is 12.7 Å². The van der Waals surface area contributed by atoms with Crippen molar-refractivity contribution in [3.63, 3.8) is 0 Å². The van der Waals surface area contributed by atoms with Gasteiger partial charge in [-0.05, 0) is 31.6 Å². The van der Waals surface area contributed by atoms with Gasteiger partial charge in [-0.2, -0.15) is 0 Å².